The fourth-order valence-corrected chi connectivity index (χ4v) is 4.16. The SMILES string of the molecule is CCCNC(=S)NSCCC[Si](OC)(OC)OC. The van der Waals surface area contributed by atoms with Crippen molar-refractivity contribution in [1.82, 2.24) is 10.0 Å². The Kier molecular flexibility index (Phi) is 11.1. The molecule has 0 unspecified atom stereocenters. The molecule has 0 amide bonds. The first-order valence-electron chi connectivity index (χ1n) is 5.95. The summed E-state index contributed by atoms with van der Waals surface area (Å²) in [6, 6.07) is 0.806. The predicted octanol–water partition coefficient (Wildman–Crippen LogP) is 1.78. The fraction of sp³-hybridized carbons (Fsp3) is 0.900. The zero-order valence-electron chi connectivity index (χ0n) is 11.6. The van der Waals surface area contributed by atoms with E-state index < -0.39 is 8.80 Å². The molecular weight excluding hydrogens is 288 g/mol. The van der Waals surface area contributed by atoms with Gasteiger partial charge in [0.1, 0.15) is 0 Å². The van der Waals surface area contributed by atoms with Gasteiger partial charge in [-0.2, -0.15) is 0 Å². The van der Waals surface area contributed by atoms with Crippen molar-refractivity contribution in [3.8, 4) is 0 Å². The van der Waals surface area contributed by atoms with Gasteiger partial charge in [-0.25, -0.2) is 0 Å². The maximum atomic E-state index is 5.34. The highest BCUT2D eigenvalue weighted by atomic mass is 32.2. The zero-order valence-corrected chi connectivity index (χ0v) is 14.2. The van der Waals surface area contributed by atoms with Gasteiger partial charge < -0.3 is 23.3 Å². The van der Waals surface area contributed by atoms with E-state index in [0.29, 0.717) is 5.11 Å². The maximum Gasteiger partial charge on any atom is 0.500 e. The van der Waals surface area contributed by atoms with Crippen LogP contribution in [-0.2, 0) is 13.3 Å². The molecule has 0 fully saturated rings. The van der Waals surface area contributed by atoms with Gasteiger partial charge in [-0.1, -0.05) is 18.9 Å². The van der Waals surface area contributed by atoms with E-state index in [4.69, 9.17) is 25.5 Å². The van der Waals surface area contributed by atoms with Crippen LogP contribution in [0.1, 0.15) is 19.8 Å². The molecule has 0 aliphatic carbocycles. The molecule has 0 saturated carbocycles. The molecule has 5 nitrogen and oxygen atoms in total. The minimum atomic E-state index is -2.41. The van der Waals surface area contributed by atoms with Crippen molar-refractivity contribution >= 4 is 38.1 Å². The van der Waals surface area contributed by atoms with Gasteiger partial charge >= 0.3 is 8.80 Å². The summed E-state index contributed by atoms with van der Waals surface area (Å²) in [6.07, 6.45) is 2.02. The molecule has 0 aromatic heterocycles. The number of thiocarbonyl (C=S) groups is 1. The minimum absolute atomic E-state index is 0.690. The third kappa shape index (κ3) is 7.55. The second kappa shape index (κ2) is 11.0. The molecule has 0 aliphatic heterocycles. The van der Waals surface area contributed by atoms with Crippen molar-refractivity contribution in [2.75, 3.05) is 33.6 Å². The smallest absolute Gasteiger partial charge is 0.377 e. The largest absolute Gasteiger partial charge is 0.500 e. The predicted molar refractivity (Wildman–Crippen MR) is 82.7 cm³/mol. The summed E-state index contributed by atoms with van der Waals surface area (Å²) in [4.78, 5) is 0. The topological polar surface area (TPSA) is 51.8 Å². The van der Waals surface area contributed by atoms with Crippen molar-refractivity contribution < 1.29 is 13.3 Å². The van der Waals surface area contributed by atoms with Crippen molar-refractivity contribution in [1.29, 1.82) is 0 Å². The van der Waals surface area contributed by atoms with E-state index in [0.717, 1.165) is 31.2 Å². The first-order valence-corrected chi connectivity index (χ1v) is 9.27. The van der Waals surface area contributed by atoms with Crippen molar-refractivity contribution in [3.63, 3.8) is 0 Å². The molecule has 0 radical (unpaired) electrons. The van der Waals surface area contributed by atoms with Crippen LogP contribution in [0.4, 0.5) is 0 Å². The Bertz CT molecular complexity index is 223. The van der Waals surface area contributed by atoms with E-state index in [1.165, 1.54) is 0 Å². The van der Waals surface area contributed by atoms with Gasteiger partial charge in [0.15, 0.2) is 5.11 Å². The molecular formula is C10H24N2O3S2Si. The molecule has 18 heavy (non-hydrogen) atoms. The lowest BCUT2D eigenvalue weighted by Crippen LogP contribution is -2.42. The lowest BCUT2D eigenvalue weighted by Gasteiger charge is -2.24. The average Bonchev–Trinajstić information content (AvgIpc) is 2.41. The second-order valence-electron chi connectivity index (χ2n) is 3.61. The van der Waals surface area contributed by atoms with Crippen molar-refractivity contribution in [2.24, 2.45) is 0 Å². The fourth-order valence-electron chi connectivity index (χ4n) is 1.31. The van der Waals surface area contributed by atoms with Gasteiger partial charge in [-0.3, -0.25) is 0 Å². The molecule has 0 heterocycles. The first kappa shape index (κ1) is 18.1. The molecule has 0 atom stereocenters. The molecule has 2 N–H and O–H groups in total. The molecule has 0 bridgehead atoms. The highest BCUT2D eigenvalue weighted by Crippen LogP contribution is 2.16. The Morgan fingerprint density at radius 3 is 2.33 bits per heavy atom. The Hall–Kier alpha value is 0.137. The van der Waals surface area contributed by atoms with E-state index in [1.807, 2.05) is 0 Å². The summed E-state index contributed by atoms with van der Waals surface area (Å²) < 4.78 is 19.1. The van der Waals surface area contributed by atoms with Crippen molar-refractivity contribution in [3.05, 3.63) is 0 Å². The van der Waals surface area contributed by atoms with E-state index in [-0.39, 0.29) is 0 Å². The Balaban J connectivity index is 3.63. The normalized spacial score (nSPS) is 11.3. The van der Waals surface area contributed by atoms with Crippen molar-refractivity contribution in [2.45, 2.75) is 25.8 Å². The van der Waals surface area contributed by atoms with Crippen LogP contribution >= 0.6 is 24.2 Å². The van der Waals surface area contributed by atoms with Crippen LogP contribution in [0.2, 0.25) is 6.04 Å². The molecule has 0 rings (SSSR count). The molecule has 0 aromatic carbocycles. The first-order chi connectivity index (χ1) is 8.64. The van der Waals surface area contributed by atoms with Gasteiger partial charge in [-0.05, 0) is 25.1 Å². The Morgan fingerprint density at radius 1 is 1.22 bits per heavy atom. The monoisotopic (exact) mass is 312 g/mol. The third-order valence-corrected chi connectivity index (χ3v) is 6.41. The van der Waals surface area contributed by atoms with E-state index >= 15 is 0 Å². The Labute approximate surface area is 121 Å². The highest BCUT2D eigenvalue weighted by Gasteiger charge is 2.36. The van der Waals surface area contributed by atoms with Crippen LogP contribution in [0.3, 0.4) is 0 Å². The third-order valence-electron chi connectivity index (χ3n) is 2.36. The number of hydrogen-bond acceptors (Lipinski definition) is 5. The molecule has 0 aromatic rings. The molecule has 8 heteroatoms. The van der Waals surface area contributed by atoms with Gasteiger partial charge in [0.25, 0.3) is 0 Å². The number of rotatable bonds is 10. The second-order valence-corrected chi connectivity index (χ2v) is 8.01. The summed E-state index contributed by atoms with van der Waals surface area (Å²) >= 11 is 6.69. The summed E-state index contributed by atoms with van der Waals surface area (Å²) in [5, 5.41) is 3.80. The lowest BCUT2D eigenvalue weighted by atomic mass is 10.5. The van der Waals surface area contributed by atoms with Crippen LogP contribution in [0, 0.1) is 0 Å². The lowest BCUT2D eigenvalue weighted by molar-refractivity contribution is 0.123. The van der Waals surface area contributed by atoms with Gasteiger partial charge in [0, 0.05) is 39.7 Å². The van der Waals surface area contributed by atoms with E-state index in [2.05, 4.69) is 17.0 Å². The summed E-state index contributed by atoms with van der Waals surface area (Å²) in [5.74, 6) is 0.929. The standard InChI is InChI=1S/C10H24N2O3S2Si/c1-5-7-11-10(16)12-17-8-6-9-18(13-2,14-3)15-4/h5-9H2,1-4H3,(H2,11,12,16). The zero-order chi connectivity index (χ0) is 13.9. The van der Waals surface area contributed by atoms with Crippen LogP contribution in [0.5, 0.6) is 0 Å². The summed E-state index contributed by atoms with van der Waals surface area (Å²) in [6.45, 7) is 3.01. The molecule has 0 aliphatic rings. The minimum Gasteiger partial charge on any atom is -0.377 e. The molecule has 0 spiro atoms. The van der Waals surface area contributed by atoms with Crippen LogP contribution in [0.25, 0.3) is 0 Å². The maximum absolute atomic E-state index is 5.34. The number of nitrogens with one attached hydrogen (secondary N) is 2. The van der Waals surface area contributed by atoms with Gasteiger partial charge in [0.2, 0.25) is 0 Å². The van der Waals surface area contributed by atoms with E-state index in [9.17, 15) is 0 Å². The van der Waals surface area contributed by atoms with Gasteiger partial charge in [0.05, 0.1) is 0 Å². The summed E-state index contributed by atoms with van der Waals surface area (Å²) in [7, 11) is 2.49. The Morgan fingerprint density at radius 2 is 1.83 bits per heavy atom. The van der Waals surface area contributed by atoms with E-state index in [1.54, 1.807) is 33.3 Å². The molecule has 0 saturated heterocycles. The summed E-state index contributed by atoms with van der Waals surface area (Å²) in [5.41, 5.74) is 0. The number of hydrogen-bond donors (Lipinski definition) is 2. The molecule has 108 valence electrons. The average molecular weight is 313 g/mol. The van der Waals surface area contributed by atoms with Crippen LogP contribution in [-0.4, -0.2) is 47.5 Å². The van der Waals surface area contributed by atoms with Crippen LogP contribution < -0.4 is 10.0 Å². The highest BCUT2D eigenvalue weighted by molar-refractivity contribution is 7.98. The van der Waals surface area contributed by atoms with Crippen LogP contribution in [0.15, 0.2) is 0 Å². The quantitative estimate of drug-likeness (QED) is 0.276. The van der Waals surface area contributed by atoms with Gasteiger partial charge in [-0.15, -0.1) is 0 Å².